The highest BCUT2D eigenvalue weighted by molar-refractivity contribution is 6.18. The van der Waals surface area contributed by atoms with Gasteiger partial charge in [-0.2, -0.15) is 0 Å². The Kier molecular flexibility index (Phi) is 5.86. The molecule has 1 aliphatic heterocycles. The van der Waals surface area contributed by atoms with Gasteiger partial charge < -0.3 is 15.7 Å². The van der Waals surface area contributed by atoms with Crippen molar-refractivity contribution in [3.8, 4) is 0 Å². The summed E-state index contributed by atoms with van der Waals surface area (Å²) in [5.74, 6) is -1.36. The lowest BCUT2D eigenvalue weighted by Crippen LogP contribution is -2.34. The van der Waals surface area contributed by atoms with Gasteiger partial charge in [0.1, 0.15) is 5.70 Å². The second kappa shape index (κ2) is 8.49. The van der Waals surface area contributed by atoms with Crippen LogP contribution in [-0.4, -0.2) is 40.9 Å². The Morgan fingerprint density at radius 1 is 1.04 bits per heavy atom. The number of hydrogen-bond donors (Lipinski definition) is 3. The first-order valence-corrected chi connectivity index (χ1v) is 8.98. The molecule has 28 heavy (non-hydrogen) atoms. The van der Waals surface area contributed by atoms with Crippen molar-refractivity contribution >= 4 is 29.1 Å². The topological polar surface area (TPSA) is 98.7 Å². The van der Waals surface area contributed by atoms with Crippen LogP contribution in [0.25, 0.3) is 0 Å². The molecule has 0 spiro atoms. The van der Waals surface area contributed by atoms with Crippen LogP contribution in [0.5, 0.6) is 0 Å². The lowest BCUT2D eigenvalue weighted by atomic mass is 10.1. The summed E-state index contributed by atoms with van der Waals surface area (Å²) in [5.41, 5.74) is 2.56. The molecular formula is C21H21N3O4. The first kappa shape index (κ1) is 19.3. The van der Waals surface area contributed by atoms with Crippen LogP contribution in [0, 0.1) is 0 Å². The molecule has 3 amide bonds. The normalized spacial score (nSPS) is 13.5. The standard InChI is InChI=1S/C21H21N3O4/c1-2-14-7-3-5-9-16(14)23-20(27)15-8-4-6-10-17(15)22-18-13-19(26)24(11-12-25)21(18)28/h3-10,13,22,25H,2,11-12H2,1H3,(H,23,27). The van der Waals surface area contributed by atoms with Gasteiger partial charge in [0.15, 0.2) is 0 Å². The molecule has 144 valence electrons. The molecule has 0 saturated carbocycles. The summed E-state index contributed by atoms with van der Waals surface area (Å²) in [6.07, 6.45) is 1.94. The van der Waals surface area contributed by atoms with Gasteiger partial charge in [0.2, 0.25) is 0 Å². The molecule has 2 aromatic rings. The SMILES string of the molecule is CCc1ccccc1NC(=O)c1ccccc1NC1=CC(=O)N(CCO)C1=O. The lowest BCUT2D eigenvalue weighted by molar-refractivity contribution is -0.137. The first-order valence-electron chi connectivity index (χ1n) is 8.98. The van der Waals surface area contributed by atoms with Crippen molar-refractivity contribution in [2.45, 2.75) is 13.3 Å². The average Bonchev–Trinajstić information content (AvgIpc) is 2.96. The van der Waals surface area contributed by atoms with Crippen LogP contribution in [0.15, 0.2) is 60.3 Å². The number of carbonyl (C=O) groups excluding carboxylic acids is 3. The highest BCUT2D eigenvalue weighted by atomic mass is 16.3. The van der Waals surface area contributed by atoms with E-state index in [-0.39, 0.29) is 24.8 Å². The van der Waals surface area contributed by atoms with Gasteiger partial charge in [-0.05, 0) is 30.2 Å². The number of β-amino-alcohol motifs (C(OH)–C–C–N with tert-alkyl or cyclic N) is 1. The fourth-order valence-electron chi connectivity index (χ4n) is 2.99. The van der Waals surface area contributed by atoms with Gasteiger partial charge in [-0.3, -0.25) is 19.3 Å². The summed E-state index contributed by atoms with van der Waals surface area (Å²) in [6.45, 7) is 1.62. The summed E-state index contributed by atoms with van der Waals surface area (Å²) in [5, 5.41) is 14.8. The van der Waals surface area contributed by atoms with Crippen LogP contribution in [0.3, 0.4) is 0 Å². The molecule has 7 heteroatoms. The Balaban J connectivity index is 1.82. The van der Waals surface area contributed by atoms with E-state index in [0.29, 0.717) is 11.3 Å². The maximum Gasteiger partial charge on any atom is 0.277 e. The molecule has 1 heterocycles. The minimum atomic E-state index is -0.536. The molecule has 0 radical (unpaired) electrons. The fraction of sp³-hybridized carbons (Fsp3) is 0.190. The molecule has 0 saturated heterocycles. The number of carbonyl (C=O) groups is 3. The Labute approximate surface area is 162 Å². The van der Waals surface area contributed by atoms with Crippen molar-refractivity contribution in [2.75, 3.05) is 23.8 Å². The number of benzene rings is 2. The molecule has 0 bridgehead atoms. The number of amides is 3. The summed E-state index contributed by atoms with van der Waals surface area (Å²) in [7, 11) is 0. The van der Waals surface area contributed by atoms with Gasteiger partial charge in [-0.25, -0.2) is 0 Å². The summed E-state index contributed by atoms with van der Waals surface area (Å²) in [4.78, 5) is 38.0. The van der Waals surface area contributed by atoms with Crippen molar-refractivity contribution < 1.29 is 19.5 Å². The quantitative estimate of drug-likeness (QED) is 0.641. The van der Waals surface area contributed by atoms with Gasteiger partial charge in [0.05, 0.1) is 24.4 Å². The van der Waals surface area contributed by atoms with E-state index in [0.717, 1.165) is 22.6 Å². The number of para-hydroxylation sites is 2. The minimum absolute atomic E-state index is 0.0626. The highest BCUT2D eigenvalue weighted by Crippen LogP contribution is 2.23. The van der Waals surface area contributed by atoms with Crippen molar-refractivity contribution in [3.63, 3.8) is 0 Å². The number of imide groups is 1. The number of rotatable bonds is 7. The predicted molar refractivity (Wildman–Crippen MR) is 106 cm³/mol. The van der Waals surface area contributed by atoms with E-state index in [2.05, 4.69) is 10.6 Å². The zero-order chi connectivity index (χ0) is 20.1. The van der Waals surface area contributed by atoms with E-state index < -0.39 is 11.8 Å². The largest absolute Gasteiger partial charge is 0.395 e. The third-order valence-electron chi connectivity index (χ3n) is 4.42. The van der Waals surface area contributed by atoms with E-state index >= 15 is 0 Å². The number of anilines is 2. The van der Waals surface area contributed by atoms with E-state index in [4.69, 9.17) is 5.11 Å². The Bertz CT molecular complexity index is 952. The molecular weight excluding hydrogens is 358 g/mol. The molecule has 1 aliphatic rings. The smallest absolute Gasteiger partial charge is 0.277 e. The van der Waals surface area contributed by atoms with E-state index in [9.17, 15) is 14.4 Å². The first-order chi connectivity index (χ1) is 13.5. The maximum absolute atomic E-state index is 12.8. The number of nitrogens with zero attached hydrogens (tertiary/aromatic N) is 1. The van der Waals surface area contributed by atoms with Gasteiger partial charge in [-0.1, -0.05) is 37.3 Å². The van der Waals surface area contributed by atoms with E-state index in [1.807, 2.05) is 31.2 Å². The van der Waals surface area contributed by atoms with Gasteiger partial charge in [0, 0.05) is 11.8 Å². The number of aliphatic hydroxyl groups excluding tert-OH is 1. The Hall–Kier alpha value is -3.45. The average molecular weight is 379 g/mol. The zero-order valence-corrected chi connectivity index (χ0v) is 15.4. The second-order valence-electron chi connectivity index (χ2n) is 6.21. The Morgan fingerprint density at radius 2 is 1.71 bits per heavy atom. The molecule has 3 N–H and O–H groups in total. The molecule has 0 unspecified atom stereocenters. The van der Waals surface area contributed by atoms with E-state index in [1.54, 1.807) is 24.3 Å². The summed E-state index contributed by atoms with van der Waals surface area (Å²) >= 11 is 0. The van der Waals surface area contributed by atoms with Crippen LogP contribution >= 0.6 is 0 Å². The third kappa shape index (κ3) is 3.94. The molecule has 7 nitrogen and oxygen atoms in total. The number of aliphatic hydroxyl groups is 1. The van der Waals surface area contributed by atoms with Gasteiger partial charge >= 0.3 is 0 Å². The van der Waals surface area contributed by atoms with Crippen molar-refractivity contribution in [1.82, 2.24) is 4.90 Å². The molecule has 0 fully saturated rings. The number of nitrogens with one attached hydrogen (secondary N) is 2. The summed E-state index contributed by atoms with van der Waals surface area (Å²) in [6, 6.07) is 14.3. The maximum atomic E-state index is 12.8. The van der Waals surface area contributed by atoms with Crippen LogP contribution in [0.1, 0.15) is 22.8 Å². The lowest BCUT2D eigenvalue weighted by Gasteiger charge is -2.15. The van der Waals surface area contributed by atoms with E-state index in [1.165, 1.54) is 6.08 Å². The van der Waals surface area contributed by atoms with Crippen molar-refractivity contribution in [3.05, 3.63) is 71.4 Å². The Morgan fingerprint density at radius 3 is 2.43 bits per heavy atom. The molecule has 2 aromatic carbocycles. The van der Waals surface area contributed by atoms with Crippen molar-refractivity contribution in [2.24, 2.45) is 0 Å². The fourth-order valence-corrected chi connectivity index (χ4v) is 2.99. The summed E-state index contributed by atoms with van der Waals surface area (Å²) < 4.78 is 0. The third-order valence-corrected chi connectivity index (χ3v) is 4.42. The van der Waals surface area contributed by atoms with Crippen LogP contribution in [0.2, 0.25) is 0 Å². The minimum Gasteiger partial charge on any atom is -0.395 e. The molecule has 0 aromatic heterocycles. The molecule has 0 aliphatic carbocycles. The zero-order valence-electron chi connectivity index (χ0n) is 15.4. The number of hydrogen-bond acceptors (Lipinski definition) is 5. The van der Waals surface area contributed by atoms with Crippen molar-refractivity contribution in [1.29, 1.82) is 0 Å². The highest BCUT2D eigenvalue weighted by Gasteiger charge is 2.31. The second-order valence-corrected chi connectivity index (χ2v) is 6.21. The van der Waals surface area contributed by atoms with Crippen LogP contribution < -0.4 is 10.6 Å². The monoisotopic (exact) mass is 379 g/mol. The van der Waals surface area contributed by atoms with Crippen LogP contribution in [0.4, 0.5) is 11.4 Å². The predicted octanol–water partition coefficient (Wildman–Crippen LogP) is 2.16. The molecule has 0 atom stereocenters. The number of aryl methyl sites for hydroxylation is 1. The van der Waals surface area contributed by atoms with Gasteiger partial charge in [-0.15, -0.1) is 0 Å². The molecule has 3 rings (SSSR count). The van der Waals surface area contributed by atoms with Gasteiger partial charge in [0.25, 0.3) is 17.7 Å². The van der Waals surface area contributed by atoms with Crippen LogP contribution in [-0.2, 0) is 16.0 Å².